The molecule has 2 aliphatic heterocycles. The molecule has 2 atom stereocenters. The lowest BCUT2D eigenvalue weighted by Gasteiger charge is -2.39. The molecule has 2 saturated heterocycles. The first kappa shape index (κ1) is 21.3. The van der Waals surface area contributed by atoms with Crippen molar-refractivity contribution in [2.75, 3.05) is 44.2 Å². The molecule has 2 aliphatic rings. The van der Waals surface area contributed by atoms with Gasteiger partial charge in [-0.25, -0.2) is 0 Å². The normalized spacial score (nSPS) is 23.9. The summed E-state index contributed by atoms with van der Waals surface area (Å²) in [6.07, 6.45) is -0.0597. The Labute approximate surface area is 160 Å². The summed E-state index contributed by atoms with van der Waals surface area (Å²) in [6, 6.07) is 7.64. The molecular weight excluding hydrogens is 373 g/mol. The number of piperazine rings is 1. The number of ether oxygens (including phenoxy) is 1. The van der Waals surface area contributed by atoms with Crippen molar-refractivity contribution < 1.29 is 9.53 Å². The van der Waals surface area contributed by atoms with Crippen LogP contribution in [-0.2, 0) is 9.53 Å². The number of nitrogens with zero attached hydrogens (tertiary/aromatic N) is 2. The Bertz CT molecular complexity index is 522. The average molecular weight is 397 g/mol. The van der Waals surface area contributed by atoms with Crippen LogP contribution in [0, 0.1) is 0 Å². The van der Waals surface area contributed by atoms with Gasteiger partial charge in [0.05, 0.1) is 12.7 Å². The lowest BCUT2D eigenvalue weighted by molar-refractivity contribution is -0.139. The fourth-order valence-electron chi connectivity index (χ4n) is 3.04. The van der Waals surface area contributed by atoms with Gasteiger partial charge >= 0.3 is 0 Å². The Morgan fingerprint density at radius 1 is 1.17 bits per heavy atom. The van der Waals surface area contributed by atoms with Crippen molar-refractivity contribution in [3.8, 4) is 0 Å². The minimum Gasteiger partial charge on any atom is -0.375 e. The fourth-order valence-corrected chi connectivity index (χ4v) is 3.17. The first-order valence-electron chi connectivity index (χ1n) is 7.79. The lowest BCUT2D eigenvalue weighted by atomic mass is 10.1. The minimum absolute atomic E-state index is 0. The van der Waals surface area contributed by atoms with Gasteiger partial charge in [-0.2, -0.15) is 0 Å². The van der Waals surface area contributed by atoms with Crippen LogP contribution < -0.4 is 10.2 Å². The molecule has 0 aliphatic carbocycles. The van der Waals surface area contributed by atoms with Crippen molar-refractivity contribution in [3.05, 3.63) is 29.3 Å². The van der Waals surface area contributed by atoms with E-state index in [0.717, 1.165) is 43.4 Å². The van der Waals surface area contributed by atoms with Gasteiger partial charge in [0.25, 0.3) is 0 Å². The standard InChI is InChI=1S/C16H22ClN3O2.2ClH/c1-12-15(18-6-11-22-12)16(21)20-9-7-19(8-10-20)14-4-2-13(17)3-5-14;;/h2-5,12,15,18H,6-11H2,1H3;2*1H/t12-,15+;;/m1../s1. The van der Waals surface area contributed by atoms with Crippen LogP contribution in [0.3, 0.4) is 0 Å². The van der Waals surface area contributed by atoms with E-state index >= 15 is 0 Å². The topological polar surface area (TPSA) is 44.8 Å². The summed E-state index contributed by atoms with van der Waals surface area (Å²) in [5.41, 5.74) is 1.16. The summed E-state index contributed by atoms with van der Waals surface area (Å²) in [5.74, 6) is 0.156. The molecule has 0 saturated carbocycles. The van der Waals surface area contributed by atoms with Crippen LogP contribution in [0.5, 0.6) is 0 Å². The second kappa shape index (κ2) is 9.68. The Morgan fingerprint density at radius 2 is 1.79 bits per heavy atom. The van der Waals surface area contributed by atoms with Gasteiger partial charge in [-0.15, -0.1) is 24.8 Å². The summed E-state index contributed by atoms with van der Waals surface area (Å²) in [4.78, 5) is 16.8. The number of morpholine rings is 1. The molecule has 0 bridgehead atoms. The highest BCUT2D eigenvalue weighted by molar-refractivity contribution is 6.30. The van der Waals surface area contributed by atoms with Crippen LogP contribution in [-0.4, -0.2) is 62.3 Å². The quantitative estimate of drug-likeness (QED) is 0.832. The van der Waals surface area contributed by atoms with Crippen LogP contribution in [0.2, 0.25) is 5.02 Å². The van der Waals surface area contributed by atoms with Crippen molar-refractivity contribution in [1.82, 2.24) is 10.2 Å². The highest BCUT2D eigenvalue weighted by atomic mass is 35.5. The molecule has 8 heteroatoms. The van der Waals surface area contributed by atoms with Crippen molar-refractivity contribution in [1.29, 1.82) is 0 Å². The summed E-state index contributed by atoms with van der Waals surface area (Å²) in [5, 5.41) is 4.02. The number of carbonyl (C=O) groups excluding carboxylic acids is 1. The van der Waals surface area contributed by atoms with Gasteiger partial charge in [0.1, 0.15) is 6.04 Å². The Hall–Kier alpha value is -0.720. The summed E-state index contributed by atoms with van der Waals surface area (Å²) >= 11 is 5.92. The molecule has 136 valence electrons. The zero-order valence-corrected chi connectivity index (χ0v) is 16.0. The van der Waals surface area contributed by atoms with E-state index in [1.54, 1.807) is 0 Å². The van der Waals surface area contributed by atoms with Crippen molar-refractivity contribution in [2.45, 2.75) is 19.1 Å². The first-order chi connectivity index (χ1) is 10.6. The highest BCUT2D eigenvalue weighted by Crippen LogP contribution is 2.20. The number of hydrogen-bond donors (Lipinski definition) is 1. The molecular formula is C16H24Cl3N3O2. The maximum atomic E-state index is 12.6. The van der Waals surface area contributed by atoms with Crippen LogP contribution in [0.4, 0.5) is 5.69 Å². The molecule has 0 radical (unpaired) electrons. The zero-order valence-electron chi connectivity index (χ0n) is 13.6. The summed E-state index contributed by atoms with van der Waals surface area (Å²) in [6.45, 7) is 6.54. The Balaban J connectivity index is 0.00000144. The van der Waals surface area contributed by atoms with Crippen molar-refractivity contribution >= 4 is 48.0 Å². The van der Waals surface area contributed by atoms with Gasteiger partial charge in [-0.1, -0.05) is 11.6 Å². The predicted octanol–water partition coefficient (Wildman–Crippen LogP) is 2.21. The van der Waals surface area contributed by atoms with E-state index in [9.17, 15) is 4.79 Å². The van der Waals surface area contributed by atoms with Crippen LogP contribution >= 0.6 is 36.4 Å². The summed E-state index contributed by atoms with van der Waals surface area (Å²) in [7, 11) is 0. The number of hydrogen-bond acceptors (Lipinski definition) is 4. The summed E-state index contributed by atoms with van der Waals surface area (Å²) < 4.78 is 5.57. The second-order valence-electron chi connectivity index (χ2n) is 5.80. The molecule has 1 aromatic rings. The molecule has 0 aromatic heterocycles. The Morgan fingerprint density at radius 3 is 2.38 bits per heavy atom. The van der Waals surface area contributed by atoms with Gasteiger partial charge < -0.3 is 19.9 Å². The molecule has 0 unspecified atom stereocenters. The van der Waals surface area contributed by atoms with E-state index in [1.807, 2.05) is 36.1 Å². The third kappa shape index (κ3) is 4.90. The third-order valence-corrected chi connectivity index (χ3v) is 4.62. The number of nitrogens with one attached hydrogen (secondary N) is 1. The molecule has 3 rings (SSSR count). The molecule has 5 nitrogen and oxygen atoms in total. The largest absolute Gasteiger partial charge is 0.375 e. The predicted molar refractivity (Wildman–Crippen MR) is 102 cm³/mol. The minimum atomic E-state index is -0.212. The SMILES string of the molecule is C[C@H]1OCCN[C@@H]1C(=O)N1CCN(c2ccc(Cl)cc2)CC1.Cl.Cl. The zero-order chi connectivity index (χ0) is 15.5. The number of halogens is 3. The smallest absolute Gasteiger partial charge is 0.242 e. The van der Waals surface area contributed by atoms with Crippen LogP contribution in [0.25, 0.3) is 0 Å². The van der Waals surface area contributed by atoms with Gasteiger partial charge in [-0.05, 0) is 31.2 Å². The molecule has 2 heterocycles. The second-order valence-corrected chi connectivity index (χ2v) is 6.23. The van der Waals surface area contributed by atoms with Gasteiger partial charge in [0.15, 0.2) is 0 Å². The van der Waals surface area contributed by atoms with E-state index in [-0.39, 0.29) is 42.9 Å². The monoisotopic (exact) mass is 395 g/mol. The maximum Gasteiger partial charge on any atom is 0.242 e. The highest BCUT2D eigenvalue weighted by Gasteiger charge is 2.33. The van der Waals surface area contributed by atoms with E-state index in [1.165, 1.54) is 0 Å². The average Bonchev–Trinajstić information content (AvgIpc) is 2.56. The molecule has 1 amide bonds. The number of amides is 1. The maximum absolute atomic E-state index is 12.6. The van der Waals surface area contributed by atoms with Crippen LogP contribution in [0.1, 0.15) is 6.92 Å². The molecule has 2 fully saturated rings. The van der Waals surface area contributed by atoms with E-state index in [0.29, 0.717) is 6.61 Å². The van der Waals surface area contributed by atoms with E-state index in [4.69, 9.17) is 16.3 Å². The number of carbonyl (C=O) groups is 1. The third-order valence-electron chi connectivity index (χ3n) is 4.37. The Kier molecular flexibility index (Phi) is 8.60. The van der Waals surface area contributed by atoms with Gasteiger partial charge in [0, 0.05) is 43.4 Å². The van der Waals surface area contributed by atoms with E-state index < -0.39 is 0 Å². The van der Waals surface area contributed by atoms with Crippen molar-refractivity contribution in [3.63, 3.8) is 0 Å². The van der Waals surface area contributed by atoms with Gasteiger partial charge in [-0.3, -0.25) is 4.79 Å². The molecule has 24 heavy (non-hydrogen) atoms. The molecule has 0 spiro atoms. The van der Waals surface area contributed by atoms with E-state index in [2.05, 4.69) is 10.2 Å². The first-order valence-corrected chi connectivity index (χ1v) is 8.17. The van der Waals surface area contributed by atoms with Gasteiger partial charge in [0.2, 0.25) is 5.91 Å². The molecule has 1 N–H and O–H groups in total. The fraction of sp³-hybridized carbons (Fsp3) is 0.562. The number of anilines is 1. The lowest BCUT2D eigenvalue weighted by Crippen LogP contribution is -2.59. The number of benzene rings is 1. The molecule has 1 aromatic carbocycles. The van der Waals surface area contributed by atoms with Crippen LogP contribution in [0.15, 0.2) is 24.3 Å². The van der Waals surface area contributed by atoms with Crippen molar-refractivity contribution in [2.24, 2.45) is 0 Å². The number of rotatable bonds is 2.